The first-order chi connectivity index (χ1) is 14.2. The minimum absolute atomic E-state index is 0.0224. The van der Waals surface area contributed by atoms with Gasteiger partial charge < -0.3 is 10.2 Å². The number of carbonyl (C=O) groups excluding carboxylic acids is 2. The molecule has 3 aromatic rings. The molecule has 2 unspecified atom stereocenters. The van der Waals surface area contributed by atoms with E-state index >= 15 is 0 Å². The Morgan fingerprint density at radius 3 is 2.34 bits per heavy atom. The molecule has 0 spiro atoms. The smallest absolute Gasteiger partial charge is 0.229 e. The standard InChI is InChI=1S/C24H24N2O2S/c27-23(15-22-12-7-13-29-22)26-16-19(18-8-3-1-4-9-18)14-20(17-26)24(28)25-21-10-5-2-6-11-21/h1-13,19-20H,14-17H2,(H,25,28). The molecule has 0 bridgehead atoms. The van der Waals surface area contributed by atoms with Gasteiger partial charge >= 0.3 is 0 Å². The van der Waals surface area contributed by atoms with E-state index in [4.69, 9.17) is 0 Å². The van der Waals surface area contributed by atoms with E-state index < -0.39 is 0 Å². The van der Waals surface area contributed by atoms with Gasteiger partial charge in [-0.25, -0.2) is 0 Å². The van der Waals surface area contributed by atoms with Crippen LogP contribution in [0.5, 0.6) is 0 Å². The minimum atomic E-state index is -0.235. The van der Waals surface area contributed by atoms with Gasteiger partial charge in [-0.05, 0) is 35.6 Å². The fourth-order valence-corrected chi connectivity index (χ4v) is 4.60. The lowest BCUT2D eigenvalue weighted by molar-refractivity contribution is -0.134. The average molecular weight is 405 g/mol. The van der Waals surface area contributed by atoms with E-state index in [2.05, 4.69) is 17.4 Å². The Bertz CT molecular complexity index is 942. The first-order valence-electron chi connectivity index (χ1n) is 9.90. The summed E-state index contributed by atoms with van der Waals surface area (Å²) in [5, 5.41) is 5.00. The number of hydrogen-bond donors (Lipinski definition) is 1. The monoisotopic (exact) mass is 404 g/mol. The molecule has 1 fully saturated rings. The molecule has 4 rings (SSSR count). The number of hydrogen-bond acceptors (Lipinski definition) is 3. The van der Waals surface area contributed by atoms with Crippen LogP contribution in [-0.4, -0.2) is 29.8 Å². The first-order valence-corrected chi connectivity index (χ1v) is 10.8. The zero-order chi connectivity index (χ0) is 20.1. The van der Waals surface area contributed by atoms with Gasteiger partial charge in [-0.1, -0.05) is 54.6 Å². The van der Waals surface area contributed by atoms with Gasteiger partial charge in [0, 0.05) is 29.6 Å². The molecule has 1 saturated heterocycles. The van der Waals surface area contributed by atoms with Crippen LogP contribution in [0.2, 0.25) is 0 Å². The molecular formula is C24H24N2O2S. The number of thiophene rings is 1. The van der Waals surface area contributed by atoms with Crippen LogP contribution < -0.4 is 5.32 Å². The van der Waals surface area contributed by atoms with Gasteiger partial charge in [-0.15, -0.1) is 11.3 Å². The summed E-state index contributed by atoms with van der Waals surface area (Å²) in [5.41, 5.74) is 1.97. The summed E-state index contributed by atoms with van der Waals surface area (Å²) in [6.45, 7) is 1.12. The van der Waals surface area contributed by atoms with Crippen LogP contribution in [0.1, 0.15) is 22.8 Å². The maximum absolute atomic E-state index is 13.0. The fourth-order valence-electron chi connectivity index (χ4n) is 3.90. The van der Waals surface area contributed by atoms with E-state index in [0.717, 1.165) is 17.0 Å². The van der Waals surface area contributed by atoms with E-state index in [9.17, 15) is 9.59 Å². The summed E-state index contributed by atoms with van der Waals surface area (Å²) in [6.07, 6.45) is 1.14. The molecule has 148 valence electrons. The number of likely N-dealkylation sites (tertiary alicyclic amines) is 1. The lowest BCUT2D eigenvalue weighted by Crippen LogP contribution is -2.47. The van der Waals surface area contributed by atoms with Gasteiger partial charge in [0.25, 0.3) is 0 Å². The number of carbonyl (C=O) groups is 2. The van der Waals surface area contributed by atoms with Crippen LogP contribution in [0.15, 0.2) is 78.2 Å². The highest BCUT2D eigenvalue weighted by Crippen LogP contribution is 2.31. The van der Waals surface area contributed by atoms with Crippen LogP contribution in [-0.2, 0) is 16.0 Å². The molecule has 0 aliphatic carbocycles. The number of anilines is 1. The predicted octanol–water partition coefficient (Wildman–Crippen LogP) is 4.56. The second-order valence-corrected chi connectivity index (χ2v) is 8.48. The molecule has 1 aromatic heterocycles. The highest BCUT2D eigenvalue weighted by atomic mass is 32.1. The Labute approximate surface area is 175 Å². The van der Waals surface area contributed by atoms with Crippen molar-refractivity contribution >= 4 is 28.8 Å². The van der Waals surface area contributed by atoms with Crippen LogP contribution in [0.25, 0.3) is 0 Å². The molecule has 1 aliphatic rings. The largest absolute Gasteiger partial charge is 0.341 e. The molecule has 0 saturated carbocycles. The molecule has 5 heteroatoms. The van der Waals surface area contributed by atoms with Gasteiger partial charge in [-0.2, -0.15) is 0 Å². The van der Waals surface area contributed by atoms with Gasteiger partial charge in [0.2, 0.25) is 11.8 Å². The second-order valence-electron chi connectivity index (χ2n) is 7.45. The number of amides is 2. The fraction of sp³-hybridized carbons (Fsp3) is 0.250. The Kier molecular flexibility index (Phi) is 6.06. The summed E-state index contributed by atoms with van der Waals surface area (Å²) >= 11 is 1.59. The normalized spacial score (nSPS) is 19.0. The van der Waals surface area contributed by atoms with E-state index in [1.54, 1.807) is 11.3 Å². The summed E-state index contributed by atoms with van der Waals surface area (Å²) in [4.78, 5) is 28.9. The topological polar surface area (TPSA) is 49.4 Å². The summed E-state index contributed by atoms with van der Waals surface area (Å²) in [7, 11) is 0. The van der Waals surface area contributed by atoms with Gasteiger partial charge in [-0.3, -0.25) is 9.59 Å². The molecule has 4 nitrogen and oxygen atoms in total. The van der Waals surface area contributed by atoms with Crippen LogP contribution >= 0.6 is 11.3 Å². The number of piperidine rings is 1. The SMILES string of the molecule is O=C(Nc1ccccc1)C1CC(c2ccccc2)CN(C(=O)Cc2cccs2)C1. The van der Waals surface area contributed by atoms with Crippen LogP contribution in [0, 0.1) is 5.92 Å². The highest BCUT2D eigenvalue weighted by molar-refractivity contribution is 7.10. The Morgan fingerprint density at radius 2 is 1.66 bits per heavy atom. The zero-order valence-electron chi connectivity index (χ0n) is 16.2. The van der Waals surface area contributed by atoms with Crippen LogP contribution in [0.4, 0.5) is 5.69 Å². The predicted molar refractivity (Wildman–Crippen MR) is 117 cm³/mol. The first kappa shape index (κ1) is 19.4. The lowest BCUT2D eigenvalue weighted by Gasteiger charge is -2.37. The molecular weight excluding hydrogens is 380 g/mol. The molecule has 2 amide bonds. The molecule has 2 aromatic carbocycles. The molecule has 0 radical (unpaired) electrons. The summed E-state index contributed by atoms with van der Waals surface area (Å²) < 4.78 is 0. The highest BCUT2D eigenvalue weighted by Gasteiger charge is 2.34. The summed E-state index contributed by atoms with van der Waals surface area (Å²) in [5.74, 6) is -0.0125. The van der Waals surface area contributed by atoms with Crippen molar-refractivity contribution in [1.29, 1.82) is 0 Å². The maximum atomic E-state index is 13.0. The lowest BCUT2D eigenvalue weighted by atomic mass is 9.84. The average Bonchev–Trinajstić information content (AvgIpc) is 3.28. The molecule has 1 N–H and O–H groups in total. The van der Waals surface area contributed by atoms with Crippen molar-refractivity contribution in [3.63, 3.8) is 0 Å². The van der Waals surface area contributed by atoms with Crippen LogP contribution in [0.3, 0.4) is 0 Å². The number of rotatable bonds is 5. The summed E-state index contributed by atoms with van der Waals surface area (Å²) in [6, 6.07) is 23.6. The van der Waals surface area contributed by atoms with Gasteiger partial charge in [0.15, 0.2) is 0 Å². The third-order valence-corrected chi connectivity index (χ3v) is 6.27. The minimum Gasteiger partial charge on any atom is -0.341 e. The van der Waals surface area contributed by atoms with E-state index in [0.29, 0.717) is 19.5 Å². The number of nitrogens with one attached hydrogen (secondary N) is 1. The van der Waals surface area contributed by atoms with E-state index in [1.807, 2.05) is 70.9 Å². The Hall–Kier alpha value is -2.92. The third-order valence-electron chi connectivity index (χ3n) is 5.39. The van der Waals surface area contributed by atoms with Crippen molar-refractivity contribution < 1.29 is 9.59 Å². The zero-order valence-corrected chi connectivity index (χ0v) is 17.0. The van der Waals surface area contributed by atoms with E-state index in [-0.39, 0.29) is 23.7 Å². The third kappa shape index (κ3) is 4.93. The van der Waals surface area contributed by atoms with Crippen molar-refractivity contribution in [1.82, 2.24) is 4.90 Å². The number of nitrogens with zero attached hydrogens (tertiary/aromatic N) is 1. The Morgan fingerprint density at radius 1 is 0.931 bits per heavy atom. The van der Waals surface area contributed by atoms with Crippen molar-refractivity contribution in [2.24, 2.45) is 5.92 Å². The van der Waals surface area contributed by atoms with Crippen molar-refractivity contribution in [3.8, 4) is 0 Å². The van der Waals surface area contributed by atoms with Crippen molar-refractivity contribution in [2.75, 3.05) is 18.4 Å². The van der Waals surface area contributed by atoms with Gasteiger partial charge in [0.1, 0.15) is 0 Å². The Balaban J connectivity index is 1.52. The van der Waals surface area contributed by atoms with Gasteiger partial charge in [0.05, 0.1) is 12.3 Å². The second kappa shape index (κ2) is 9.05. The maximum Gasteiger partial charge on any atom is 0.229 e. The molecule has 2 atom stereocenters. The number of para-hydroxylation sites is 1. The molecule has 1 aliphatic heterocycles. The quantitative estimate of drug-likeness (QED) is 0.678. The van der Waals surface area contributed by atoms with Crippen molar-refractivity contribution in [2.45, 2.75) is 18.8 Å². The van der Waals surface area contributed by atoms with E-state index in [1.165, 1.54) is 5.56 Å². The molecule has 29 heavy (non-hydrogen) atoms. The van der Waals surface area contributed by atoms with Crippen molar-refractivity contribution in [3.05, 3.63) is 88.6 Å². The molecule has 2 heterocycles. The number of benzene rings is 2.